The minimum atomic E-state index is -0.0800. The quantitative estimate of drug-likeness (QED) is 0.770. The summed E-state index contributed by atoms with van der Waals surface area (Å²) in [5.74, 6) is 2.28. The van der Waals surface area contributed by atoms with Gasteiger partial charge in [0, 0.05) is 5.56 Å². The Balaban J connectivity index is 2.54. The molecular formula is C13H15Cl2N2O+. The van der Waals surface area contributed by atoms with Crippen molar-refractivity contribution in [2.45, 2.75) is 6.54 Å². The van der Waals surface area contributed by atoms with E-state index in [4.69, 9.17) is 29.6 Å². The number of terminal acetylenes is 1. The summed E-state index contributed by atoms with van der Waals surface area (Å²) in [4.78, 5) is 12.5. The lowest BCUT2D eigenvalue weighted by Gasteiger charge is -2.14. The highest BCUT2D eigenvalue weighted by atomic mass is 35.5. The fourth-order valence-electron chi connectivity index (χ4n) is 1.56. The van der Waals surface area contributed by atoms with Crippen molar-refractivity contribution < 1.29 is 9.69 Å². The second-order valence-electron chi connectivity index (χ2n) is 4.00. The molecule has 18 heavy (non-hydrogen) atoms. The summed E-state index contributed by atoms with van der Waals surface area (Å²) >= 11 is 12.0. The maximum atomic E-state index is 11.5. The van der Waals surface area contributed by atoms with E-state index in [9.17, 15) is 4.79 Å². The first-order valence-electron chi connectivity index (χ1n) is 5.49. The van der Waals surface area contributed by atoms with Gasteiger partial charge in [-0.2, -0.15) is 0 Å². The molecule has 3 nitrogen and oxygen atoms in total. The number of likely N-dealkylation sites (N-methyl/N-ethyl adjacent to an activating group) is 1. The van der Waals surface area contributed by atoms with Crippen molar-refractivity contribution in [3.8, 4) is 12.3 Å². The molecule has 96 valence electrons. The van der Waals surface area contributed by atoms with E-state index in [1.165, 1.54) is 0 Å². The lowest BCUT2D eigenvalue weighted by atomic mass is 10.2. The van der Waals surface area contributed by atoms with Crippen LogP contribution in [-0.2, 0) is 11.3 Å². The molecule has 0 aliphatic carbocycles. The third-order valence-electron chi connectivity index (χ3n) is 2.37. The zero-order chi connectivity index (χ0) is 13.5. The van der Waals surface area contributed by atoms with Crippen LogP contribution in [0.4, 0.5) is 0 Å². The Morgan fingerprint density at radius 1 is 1.50 bits per heavy atom. The van der Waals surface area contributed by atoms with E-state index in [1.54, 1.807) is 6.07 Å². The first-order chi connectivity index (χ1) is 8.54. The number of halogens is 2. The zero-order valence-electron chi connectivity index (χ0n) is 10.1. The Bertz CT molecular complexity index is 469. The predicted octanol–water partition coefficient (Wildman–Crippen LogP) is 0.758. The van der Waals surface area contributed by atoms with Crippen LogP contribution in [0, 0.1) is 12.3 Å². The number of carbonyl (C=O) groups is 1. The highest BCUT2D eigenvalue weighted by Gasteiger charge is 2.12. The lowest BCUT2D eigenvalue weighted by molar-refractivity contribution is -0.885. The summed E-state index contributed by atoms with van der Waals surface area (Å²) in [6, 6.07) is 5.48. The number of hydrogen-bond acceptors (Lipinski definition) is 1. The normalized spacial score (nSPS) is 11.7. The van der Waals surface area contributed by atoms with Crippen LogP contribution >= 0.6 is 23.2 Å². The molecule has 1 aromatic carbocycles. The van der Waals surface area contributed by atoms with Gasteiger partial charge in [-0.1, -0.05) is 41.3 Å². The molecule has 0 spiro atoms. The molecule has 1 aromatic rings. The summed E-state index contributed by atoms with van der Waals surface area (Å²) < 4.78 is 0. The van der Waals surface area contributed by atoms with Gasteiger partial charge in [-0.3, -0.25) is 4.79 Å². The van der Waals surface area contributed by atoms with Crippen LogP contribution in [0.1, 0.15) is 5.56 Å². The molecule has 5 heteroatoms. The topological polar surface area (TPSA) is 33.5 Å². The molecule has 0 saturated carbocycles. The first-order valence-corrected chi connectivity index (χ1v) is 6.24. The van der Waals surface area contributed by atoms with E-state index in [0.717, 1.165) is 10.5 Å². The van der Waals surface area contributed by atoms with Gasteiger partial charge < -0.3 is 10.2 Å². The Labute approximate surface area is 117 Å². The molecule has 0 aliphatic heterocycles. The van der Waals surface area contributed by atoms with E-state index >= 15 is 0 Å². The minimum Gasteiger partial charge on any atom is -0.340 e. The van der Waals surface area contributed by atoms with Crippen LogP contribution in [0.5, 0.6) is 0 Å². The highest BCUT2D eigenvalue weighted by Crippen LogP contribution is 2.24. The molecular weight excluding hydrogens is 271 g/mol. The van der Waals surface area contributed by atoms with Gasteiger partial charge in [0.15, 0.2) is 6.54 Å². The summed E-state index contributed by atoms with van der Waals surface area (Å²) in [6.45, 7) is 1.22. The third-order valence-corrected chi connectivity index (χ3v) is 3.23. The number of amides is 1. The van der Waals surface area contributed by atoms with E-state index in [1.807, 2.05) is 19.2 Å². The van der Waals surface area contributed by atoms with Crippen molar-refractivity contribution in [1.82, 2.24) is 5.32 Å². The Morgan fingerprint density at radius 2 is 2.22 bits per heavy atom. The summed E-state index contributed by atoms with van der Waals surface area (Å²) in [6.07, 6.45) is 5.06. The van der Waals surface area contributed by atoms with Crippen LogP contribution in [0.25, 0.3) is 0 Å². The number of hydrogen-bond donors (Lipinski definition) is 2. The number of quaternary nitrogens is 1. The molecule has 0 aliphatic rings. The van der Waals surface area contributed by atoms with Crippen LogP contribution in [-0.4, -0.2) is 26.0 Å². The van der Waals surface area contributed by atoms with Crippen molar-refractivity contribution in [1.29, 1.82) is 0 Å². The van der Waals surface area contributed by atoms with Crippen molar-refractivity contribution in [2.24, 2.45) is 0 Å². The number of nitrogens with one attached hydrogen (secondary N) is 2. The molecule has 0 radical (unpaired) electrons. The van der Waals surface area contributed by atoms with Crippen LogP contribution in [0.2, 0.25) is 10.0 Å². The molecule has 1 amide bonds. The van der Waals surface area contributed by atoms with E-state index in [2.05, 4.69) is 11.2 Å². The molecule has 1 unspecified atom stereocenters. The third kappa shape index (κ3) is 4.58. The average Bonchev–Trinajstić information content (AvgIpc) is 2.32. The van der Waals surface area contributed by atoms with Gasteiger partial charge in [0.05, 0.1) is 23.6 Å². The molecule has 0 bridgehead atoms. The molecule has 0 heterocycles. The van der Waals surface area contributed by atoms with Gasteiger partial charge >= 0.3 is 0 Å². The fraction of sp³-hybridized carbons (Fsp3) is 0.308. The SMILES string of the molecule is C#CCNC(=O)C[NH+](C)Cc1cccc(Cl)c1Cl. The molecule has 1 atom stereocenters. The summed E-state index contributed by atoms with van der Waals surface area (Å²) in [7, 11) is 1.91. The van der Waals surface area contributed by atoms with Gasteiger partial charge in [0.2, 0.25) is 0 Å². The predicted molar refractivity (Wildman–Crippen MR) is 73.8 cm³/mol. The van der Waals surface area contributed by atoms with Gasteiger partial charge in [-0.25, -0.2) is 0 Å². The van der Waals surface area contributed by atoms with Gasteiger partial charge in [0.1, 0.15) is 6.54 Å². The average molecular weight is 286 g/mol. The summed E-state index contributed by atoms with van der Waals surface area (Å²) in [5, 5.41) is 3.69. The lowest BCUT2D eigenvalue weighted by Crippen LogP contribution is -3.08. The molecule has 2 N–H and O–H groups in total. The number of carbonyl (C=O) groups excluding carboxylic acids is 1. The van der Waals surface area contributed by atoms with Crippen molar-refractivity contribution in [2.75, 3.05) is 20.1 Å². The minimum absolute atomic E-state index is 0.0800. The fourth-order valence-corrected chi connectivity index (χ4v) is 1.95. The largest absolute Gasteiger partial charge is 0.340 e. The van der Waals surface area contributed by atoms with Crippen molar-refractivity contribution in [3.05, 3.63) is 33.8 Å². The van der Waals surface area contributed by atoms with Crippen molar-refractivity contribution >= 4 is 29.1 Å². The molecule has 0 saturated heterocycles. The second-order valence-corrected chi connectivity index (χ2v) is 4.79. The Morgan fingerprint density at radius 3 is 2.89 bits per heavy atom. The molecule has 0 aromatic heterocycles. The zero-order valence-corrected chi connectivity index (χ0v) is 11.6. The van der Waals surface area contributed by atoms with Crippen molar-refractivity contribution in [3.63, 3.8) is 0 Å². The standard InChI is InChI=1S/C13H14Cl2N2O/c1-3-7-16-12(18)9-17(2)8-10-5-4-6-11(14)13(10)15/h1,4-6H,7-9H2,2H3,(H,16,18)/p+1. The van der Waals surface area contributed by atoms with E-state index in [0.29, 0.717) is 23.1 Å². The summed E-state index contributed by atoms with van der Waals surface area (Å²) in [5.41, 5.74) is 0.923. The van der Waals surface area contributed by atoms with Gasteiger partial charge in [-0.05, 0) is 6.07 Å². The Kier molecular flexibility index (Phi) is 6.00. The van der Waals surface area contributed by atoms with E-state index < -0.39 is 0 Å². The van der Waals surface area contributed by atoms with Crippen LogP contribution in [0.15, 0.2) is 18.2 Å². The second kappa shape index (κ2) is 7.27. The van der Waals surface area contributed by atoms with Crippen LogP contribution in [0.3, 0.4) is 0 Å². The van der Waals surface area contributed by atoms with E-state index in [-0.39, 0.29) is 12.5 Å². The number of benzene rings is 1. The van der Waals surface area contributed by atoms with Gasteiger partial charge in [-0.15, -0.1) is 6.42 Å². The first kappa shape index (κ1) is 14.8. The number of rotatable bonds is 5. The van der Waals surface area contributed by atoms with Crippen LogP contribution < -0.4 is 10.2 Å². The molecule has 1 rings (SSSR count). The van der Waals surface area contributed by atoms with Gasteiger partial charge in [0.25, 0.3) is 5.91 Å². The highest BCUT2D eigenvalue weighted by molar-refractivity contribution is 6.42. The maximum Gasteiger partial charge on any atom is 0.275 e. The molecule has 0 fully saturated rings. The maximum absolute atomic E-state index is 11.5. The smallest absolute Gasteiger partial charge is 0.275 e. The Hall–Kier alpha value is -1.21. The monoisotopic (exact) mass is 285 g/mol.